The van der Waals surface area contributed by atoms with Crippen LogP contribution in [0.2, 0.25) is 0 Å². The maximum Gasteiger partial charge on any atom is 0.416 e. The van der Waals surface area contributed by atoms with Gasteiger partial charge in [0.05, 0.1) is 5.56 Å². The summed E-state index contributed by atoms with van der Waals surface area (Å²) < 4.78 is 38.5. The average molecular weight is 370 g/mol. The molecule has 0 aliphatic rings. The lowest BCUT2D eigenvalue weighted by Crippen LogP contribution is -2.08. The lowest BCUT2D eigenvalue weighted by Gasteiger charge is -2.09. The summed E-state index contributed by atoms with van der Waals surface area (Å²) in [4.78, 5) is 12.6. The van der Waals surface area contributed by atoms with Crippen LogP contribution in [-0.2, 0) is 12.6 Å². The highest BCUT2D eigenvalue weighted by atomic mass is 19.4. The number of nitrogens with zero attached hydrogens (tertiary/aromatic N) is 3. The number of carbonyl (C=O) groups is 1. The van der Waals surface area contributed by atoms with Gasteiger partial charge in [0.2, 0.25) is 0 Å². The van der Waals surface area contributed by atoms with Gasteiger partial charge >= 0.3 is 6.18 Å². The molecule has 0 bridgehead atoms. The maximum atomic E-state index is 12.8. The summed E-state index contributed by atoms with van der Waals surface area (Å²) in [6.45, 7) is 0. The number of anilines is 1. The number of nitrogens with one attached hydrogen (secondary N) is 1. The van der Waals surface area contributed by atoms with E-state index < -0.39 is 11.7 Å². The molecule has 1 N–H and O–H groups in total. The zero-order valence-electron chi connectivity index (χ0n) is 14.1. The van der Waals surface area contributed by atoms with E-state index in [0.717, 1.165) is 12.1 Å². The van der Waals surface area contributed by atoms with Crippen molar-refractivity contribution < 1.29 is 18.0 Å². The molecule has 0 amide bonds. The molecule has 0 aliphatic carbocycles. The third-order valence-electron chi connectivity index (χ3n) is 4.06. The molecule has 27 heavy (non-hydrogen) atoms. The van der Waals surface area contributed by atoms with Crippen molar-refractivity contribution in [3.63, 3.8) is 0 Å². The van der Waals surface area contributed by atoms with Gasteiger partial charge in [0.15, 0.2) is 17.3 Å². The summed E-state index contributed by atoms with van der Waals surface area (Å²) in [6.07, 6.45) is -4.63. The van der Waals surface area contributed by atoms with Crippen molar-refractivity contribution in [1.82, 2.24) is 10.2 Å². The fourth-order valence-electron chi connectivity index (χ4n) is 2.74. The van der Waals surface area contributed by atoms with Gasteiger partial charge in [0, 0.05) is 29.8 Å². The smallest absolute Gasteiger partial charge is 0.371 e. The molecule has 5 nitrogen and oxygen atoms in total. The minimum absolute atomic E-state index is 0.126. The molecule has 0 saturated heterocycles. The van der Waals surface area contributed by atoms with Gasteiger partial charge in [-0.05, 0) is 17.7 Å². The fraction of sp³-hybridized carbons (Fsp3) is 0.158. The Kier molecular flexibility index (Phi) is 4.77. The van der Waals surface area contributed by atoms with Gasteiger partial charge in [0.25, 0.3) is 0 Å². The first-order valence-corrected chi connectivity index (χ1v) is 7.91. The molecule has 0 atom stereocenters. The first-order chi connectivity index (χ1) is 12.8. The number of hydrogen-bond acceptors (Lipinski definition) is 5. The van der Waals surface area contributed by atoms with E-state index in [9.17, 15) is 18.0 Å². The van der Waals surface area contributed by atoms with Crippen LogP contribution in [0.1, 0.15) is 27.2 Å². The second-order valence-electron chi connectivity index (χ2n) is 5.82. The van der Waals surface area contributed by atoms with Crippen LogP contribution in [0, 0.1) is 11.3 Å². The monoisotopic (exact) mass is 370 g/mol. The quantitative estimate of drug-likeness (QED) is 0.703. The van der Waals surface area contributed by atoms with Crippen molar-refractivity contribution in [3.8, 4) is 6.07 Å². The van der Waals surface area contributed by atoms with Crippen molar-refractivity contribution in [1.29, 1.82) is 5.26 Å². The van der Waals surface area contributed by atoms with Crippen LogP contribution in [-0.4, -0.2) is 23.0 Å². The average Bonchev–Trinajstić information content (AvgIpc) is 2.66. The normalized spacial score (nSPS) is 11.2. The number of aromatic nitrogens is 2. The van der Waals surface area contributed by atoms with E-state index in [4.69, 9.17) is 5.26 Å². The molecule has 2 aromatic carbocycles. The number of alkyl halides is 3. The van der Waals surface area contributed by atoms with Crippen LogP contribution >= 0.6 is 0 Å². The number of fused-ring (bicyclic) bond motifs is 1. The molecule has 0 radical (unpaired) electrons. The summed E-state index contributed by atoms with van der Waals surface area (Å²) >= 11 is 0. The van der Waals surface area contributed by atoms with Gasteiger partial charge in [-0.15, -0.1) is 10.2 Å². The second-order valence-corrected chi connectivity index (χ2v) is 5.82. The summed E-state index contributed by atoms with van der Waals surface area (Å²) in [6, 6.07) is 11.3. The van der Waals surface area contributed by atoms with Crippen LogP contribution in [0.15, 0.2) is 42.5 Å². The van der Waals surface area contributed by atoms with E-state index in [1.165, 1.54) is 18.2 Å². The zero-order chi connectivity index (χ0) is 19.6. The van der Waals surface area contributed by atoms with Crippen molar-refractivity contribution in [3.05, 3.63) is 64.8 Å². The molecule has 3 aromatic rings. The summed E-state index contributed by atoms with van der Waals surface area (Å²) in [5.74, 6) is 0.0614. The molecule has 0 fully saturated rings. The van der Waals surface area contributed by atoms with Crippen LogP contribution in [0.5, 0.6) is 0 Å². The van der Waals surface area contributed by atoms with Crippen molar-refractivity contribution in [2.75, 3.05) is 12.4 Å². The Morgan fingerprint density at radius 3 is 2.59 bits per heavy atom. The molecule has 136 valence electrons. The molecule has 1 heterocycles. The summed E-state index contributed by atoms with van der Waals surface area (Å²) in [7, 11) is 1.63. The van der Waals surface area contributed by atoms with Crippen LogP contribution < -0.4 is 5.32 Å². The summed E-state index contributed by atoms with van der Waals surface area (Å²) in [5, 5.41) is 20.8. The van der Waals surface area contributed by atoms with E-state index in [2.05, 4.69) is 15.5 Å². The van der Waals surface area contributed by atoms with Crippen LogP contribution in [0.25, 0.3) is 10.8 Å². The zero-order valence-corrected chi connectivity index (χ0v) is 14.1. The Morgan fingerprint density at radius 2 is 1.93 bits per heavy atom. The number of nitriles is 1. The van der Waals surface area contributed by atoms with Gasteiger partial charge < -0.3 is 5.32 Å². The Bertz CT molecular complexity index is 1070. The minimum Gasteiger partial charge on any atom is -0.371 e. The van der Waals surface area contributed by atoms with Gasteiger partial charge in [-0.2, -0.15) is 18.4 Å². The Hall–Kier alpha value is -3.47. The first-order valence-electron chi connectivity index (χ1n) is 7.91. The number of halogens is 3. The topological polar surface area (TPSA) is 78.7 Å². The molecule has 3 rings (SSSR count). The third kappa shape index (κ3) is 3.72. The lowest BCUT2D eigenvalue weighted by atomic mass is 9.99. The van der Waals surface area contributed by atoms with Gasteiger partial charge in [-0.3, -0.25) is 4.79 Å². The van der Waals surface area contributed by atoms with Crippen molar-refractivity contribution in [2.24, 2.45) is 0 Å². The fourth-order valence-corrected chi connectivity index (χ4v) is 2.74. The highest BCUT2D eigenvalue weighted by Crippen LogP contribution is 2.30. The number of rotatable bonds is 4. The molecule has 8 heteroatoms. The first kappa shape index (κ1) is 18.3. The second kappa shape index (κ2) is 7.03. The van der Waals surface area contributed by atoms with E-state index in [1.807, 2.05) is 6.07 Å². The molecular weight excluding hydrogens is 357 g/mol. The minimum atomic E-state index is -4.46. The van der Waals surface area contributed by atoms with Gasteiger partial charge in [-0.1, -0.05) is 30.3 Å². The predicted octanol–water partition coefficient (Wildman–Crippen LogP) is 3.99. The number of hydrogen-bond donors (Lipinski definition) is 1. The Morgan fingerprint density at radius 1 is 1.15 bits per heavy atom. The number of benzene rings is 2. The largest absolute Gasteiger partial charge is 0.416 e. The van der Waals surface area contributed by atoms with E-state index in [1.54, 1.807) is 19.2 Å². The SMILES string of the molecule is CNc1nnc(C#N)c2ccc(C(=O)Cc3cccc(C(F)(F)F)c3)cc12. The molecule has 0 aliphatic heterocycles. The van der Waals surface area contributed by atoms with Crippen molar-refractivity contribution in [2.45, 2.75) is 12.6 Å². The standard InChI is InChI=1S/C19H13F3N4O/c1-24-18-15-9-12(5-6-14(15)16(10-23)25-26-18)17(27)8-11-3-2-4-13(7-11)19(20,21)22/h2-7,9H,8H2,1H3,(H,24,26). The molecule has 1 aromatic heterocycles. The highest BCUT2D eigenvalue weighted by molar-refractivity contribution is 6.03. The van der Waals surface area contributed by atoms with E-state index >= 15 is 0 Å². The highest BCUT2D eigenvalue weighted by Gasteiger charge is 2.30. The summed E-state index contributed by atoms with van der Waals surface area (Å²) in [5.41, 5.74) is -0.0822. The van der Waals surface area contributed by atoms with E-state index in [0.29, 0.717) is 22.2 Å². The number of Topliss-reactive ketones (excluding diaryl/α,β-unsaturated/α-hetero) is 1. The lowest BCUT2D eigenvalue weighted by molar-refractivity contribution is -0.137. The maximum absolute atomic E-state index is 12.8. The van der Waals surface area contributed by atoms with Crippen molar-refractivity contribution >= 4 is 22.4 Å². The molecule has 0 unspecified atom stereocenters. The number of carbonyl (C=O) groups excluding carboxylic acids is 1. The van der Waals surface area contributed by atoms with Gasteiger partial charge in [-0.25, -0.2) is 0 Å². The third-order valence-corrected chi connectivity index (χ3v) is 4.06. The predicted molar refractivity (Wildman–Crippen MR) is 93.3 cm³/mol. The number of ketones is 1. The Labute approximate surface area is 152 Å². The Balaban J connectivity index is 1.96. The van der Waals surface area contributed by atoms with Gasteiger partial charge in [0.1, 0.15) is 6.07 Å². The molecule has 0 saturated carbocycles. The van der Waals surface area contributed by atoms with E-state index in [-0.39, 0.29) is 23.5 Å². The molecular formula is C19H13F3N4O. The van der Waals surface area contributed by atoms with Crippen LogP contribution in [0.3, 0.4) is 0 Å². The molecule has 0 spiro atoms. The van der Waals surface area contributed by atoms with Crippen LogP contribution in [0.4, 0.5) is 19.0 Å².